The molecular weight excluding hydrogens is 301 g/mol. The summed E-state index contributed by atoms with van der Waals surface area (Å²) in [5.74, 6) is -0.742. The Kier molecular flexibility index (Phi) is 4.09. The third kappa shape index (κ3) is 3.57. The van der Waals surface area contributed by atoms with Crippen LogP contribution in [-0.2, 0) is 17.6 Å². The maximum absolute atomic E-state index is 12.9. The van der Waals surface area contributed by atoms with Crippen LogP contribution in [0.25, 0.3) is 0 Å². The molecular formula is C16H12FN3O3. The predicted molar refractivity (Wildman–Crippen MR) is 77.3 cm³/mol. The van der Waals surface area contributed by atoms with Gasteiger partial charge in [-0.1, -0.05) is 12.1 Å². The smallest absolute Gasteiger partial charge is 0.265 e. The van der Waals surface area contributed by atoms with E-state index in [1.807, 2.05) is 0 Å². The summed E-state index contributed by atoms with van der Waals surface area (Å²) >= 11 is 0. The van der Waals surface area contributed by atoms with E-state index in [0.29, 0.717) is 17.9 Å². The summed E-state index contributed by atoms with van der Waals surface area (Å²) in [4.78, 5) is 27.3. The van der Waals surface area contributed by atoms with Crippen LogP contribution in [0.5, 0.6) is 0 Å². The Balaban J connectivity index is 1.64. The predicted octanol–water partition coefficient (Wildman–Crippen LogP) is 2.12. The van der Waals surface area contributed by atoms with Gasteiger partial charge in [0.25, 0.3) is 5.78 Å². The van der Waals surface area contributed by atoms with Crippen LogP contribution in [0.4, 0.5) is 4.39 Å². The molecule has 3 rings (SSSR count). The lowest BCUT2D eigenvalue weighted by atomic mass is 10.1. The zero-order valence-corrected chi connectivity index (χ0v) is 12.0. The standard InChI is InChI=1S/C16H12FN3O3/c17-11-3-1-10(2-4-11)7-12-5-6-13(23-12)8-14(21)15(22)16-18-9-19-20-16/h1-6,9H,7-8H2,(H,18,19,20). The number of benzene rings is 1. The van der Waals surface area contributed by atoms with Crippen molar-refractivity contribution in [2.24, 2.45) is 0 Å². The minimum atomic E-state index is -0.737. The molecule has 0 aliphatic carbocycles. The van der Waals surface area contributed by atoms with E-state index in [9.17, 15) is 14.0 Å². The number of halogens is 1. The van der Waals surface area contributed by atoms with Gasteiger partial charge in [0.15, 0.2) is 5.82 Å². The summed E-state index contributed by atoms with van der Waals surface area (Å²) in [6.45, 7) is 0. The Bertz CT molecular complexity index is 823. The molecule has 0 atom stereocenters. The van der Waals surface area contributed by atoms with Crippen molar-refractivity contribution >= 4 is 11.6 Å². The van der Waals surface area contributed by atoms with E-state index in [2.05, 4.69) is 15.2 Å². The van der Waals surface area contributed by atoms with E-state index in [0.717, 1.165) is 11.9 Å². The second-order valence-corrected chi connectivity index (χ2v) is 4.93. The first-order chi connectivity index (χ1) is 11.1. The number of nitrogens with zero attached hydrogens (tertiary/aromatic N) is 2. The molecule has 6 nitrogen and oxygen atoms in total. The molecule has 0 bridgehead atoms. The number of ketones is 2. The topological polar surface area (TPSA) is 88.8 Å². The summed E-state index contributed by atoms with van der Waals surface area (Å²) in [5.41, 5.74) is 0.886. The van der Waals surface area contributed by atoms with Gasteiger partial charge in [0, 0.05) is 6.42 Å². The zero-order valence-electron chi connectivity index (χ0n) is 12.0. The number of nitrogens with one attached hydrogen (secondary N) is 1. The van der Waals surface area contributed by atoms with Gasteiger partial charge in [0.2, 0.25) is 5.78 Å². The average Bonchev–Trinajstić information content (AvgIpc) is 3.21. The molecule has 23 heavy (non-hydrogen) atoms. The molecule has 0 fully saturated rings. The van der Waals surface area contributed by atoms with Crippen molar-refractivity contribution in [1.82, 2.24) is 15.2 Å². The first-order valence-corrected chi connectivity index (χ1v) is 6.87. The summed E-state index contributed by atoms with van der Waals surface area (Å²) < 4.78 is 18.4. The molecule has 7 heteroatoms. The second-order valence-electron chi connectivity index (χ2n) is 4.93. The molecule has 0 saturated heterocycles. The van der Waals surface area contributed by atoms with Crippen molar-refractivity contribution < 1.29 is 18.4 Å². The monoisotopic (exact) mass is 313 g/mol. The van der Waals surface area contributed by atoms with Crippen molar-refractivity contribution in [2.75, 3.05) is 0 Å². The molecule has 1 aromatic carbocycles. The highest BCUT2D eigenvalue weighted by atomic mass is 19.1. The maximum atomic E-state index is 12.9. The van der Waals surface area contributed by atoms with E-state index >= 15 is 0 Å². The van der Waals surface area contributed by atoms with Crippen molar-refractivity contribution in [3.63, 3.8) is 0 Å². The Morgan fingerprint density at radius 2 is 1.83 bits per heavy atom. The fraction of sp³-hybridized carbons (Fsp3) is 0.125. The molecule has 0 aliphatic heterocycles. The maximum Gasteiger partial charge on any atom is 0.265 e. The molecule has 0 spiro atoms. The van der Waals surface area contributed by atoms with Gasteiger partial charge in [-0.3, -0.25) is 14.7 Å². The molecule has 0 saturated carbocycles. The SMILES string of the molecule is O=C(Cc1ccc(Cc2ccc(F)cc2)o1)C(=O)c1ncn[nH]1. The van der Waals surface area contributed by atoms with Gasteiger partial charge in [-0.05, 0) is 29.8 Å². The summed E-state index contributed by atoms with van der Waals surface area (Å²) in [6.07, 6.45) is 1.49. The number of furan rings is 1. The second kappa shape index (κ2) is 6.35. The van der Waals surface area contributed by atoms with E-state index in [1.54, 1.807) is 24.3 Å². The third-order valence-corrected chi connectivity index (χ3v) is 3.23. The van der Waals surface area contributed by atoms with Crippen molar-refractivity contribution in [1.29, 1.82) is 0 Å². The van der Waals surface area contributed by atoms with Crippen LogP contribution in [-0.4, -0.2) is 26.7 Å². The summed E-state index contributed by atoms with van der Waals surface area (Å²) in [6, 6.07) is 9.44. The number of hydrogen-bond acceptors (Lipinski definition) is 5. The van der Waals surface area contributed by atoms with E-state index < -0.39 is 11.6 Å². The highest BCUT2D eigenvalue weighted by Gasteiger charge is 2.20. The minimum Gasteiger partial charge on any atom is -0.465 e. The van der Waals surface area contributed by atoms with Crippen LogP contribution >= 0.6 is 0 Å². The number of aromatic nitrogens is 3. The van der Waals surface area contributed by atoms with E-state index in [4.69, 9.17) is 4.42 Å². The van der Waals surface area contributed by atoms with Crippen LogP contribution in [0.2, 0.25) is 0 Å². The number of rotatable bonds is 6. The van der Waals surface area contributed by atoms with Gasteiger partial charge < -0.3 is 4.42 Å². The Labute approximate surface area is 130 Å². The lowest BCUT2D eigenvalue weighted by Gasteiger charge is -1.99. The van der Waals surface area contributed by atoms with Gasteiger partial charge in [0.1, 0.15) is 23.7 Å². The molecule has 2 aromatic heterocycles. The number of carbonyl (C=O) groups is 2. The zero-order chi connectivity index (χ0) is 16.2. The fourth-order valence-corrected chi connectivity index (χ4v) is 2.10. The van der Waals surface area contributed by atoms with Gasteiger partial charge >= 0.3 is 0 Å². The Hall–Kier alpha value is -3.09. The van der Waals surface area contributed by atoms with Crippen LogP contribution in [0, 0.1) is 5.82 Å². The number of aromatic amines is 1. The molecule has 0 unspecified atom stereocenters. The highest BCUT2D eigenvalue weighted by molar-refractivity contribution is 6.42. The van der Waals surface area contributed by atoms with Crippen LogP contribution in [0.1, 0.15) is 27.7 Å². The summed E-state index contributed by atoms with van der Waals surface area (Å²) in [7, 11) is 0. The minimum absolute atomic E-state index is 0.0897. The van der Waals surface area contributed by atoms with Crippen LogP contribution < -0.4 is 0 Å². The van der Waals surface area contributed by atoms with Gasteiger partial charge in [0.05, 0.1) is 6.42 Å². The highest BCUT2D eigenvalue weighted by Crippen LogP contribution is 2.15. The molecule has 116 valence electrons. The first-order valence-electron chi connectivity index (χ1n) is 6.87. The van der Waals surface area contributed by atoms with Crippen molar-refractivity contribution in [2.45, 2.75) is 12.8 Å². The lowest BCUT2D eigenvalue weighted by Crippen LogP contribution is -2.17. The lowest BCUT2D eigenvalue weighted by molar-refractivity contribution is -0.114. The summed E-state index contributed by atoms with van der Waals surface area (Å²) in [5, 5.41) is 5.88. The Morgan fingerprint density at radius 1 is 1.09 bits per heavy atom. The van der Waals surface area contributed by atoms with Gasteiger partial charge in [-0.25, -0.2) is 9.37 Å². The van der Waals surface area contributed by atoms with Crippen molar-refractivity contribution in [3.05, 3.63) is 71.5 Å². The van der Waals surface area contributed by atoms with Crippen molar-refractivity contribution in [3.8, 4) is 0 Å². The Morgan fingerprint density at radius 3 is 2.52 bits per heavy atom. The third-order valence-electron chi connectivity index (χ3n) is 3.23. The molecule has 0 aliphatic rings. The number of H-pyrrole nitrogens is 1. The fourth-order valence-electron chi connectivity index (χ4n) is 2.10. The average molecular weight is 313 g/mol. The number of hydrogen-bond donors (Lipinski definition) is 1. The van der Waals surface area contributed by atoms with Gasteiger partial charge in [-0.15, -0.1) is 0 Å². The molecule has 1 N–H and O–H groups in total. The van der Waals surface area contributed by atoms with Crippen LogP contribution in [0.15, 0.2) is 47.1 Å². The number of carbonyl (C=O) groups excluding carboxylic acids is 2. The first kappa shape index (κ1) is 14.8. The van der Waals surface area contributed by atoms with E-state index in [1.165, 1.54) is 12.1 Å². The van der Waals surface area contributed by atoms with Crippen LogP contribution in [0.3, 0.4) is 0 Å². The molecule has 2 heterocycles. The normalized spacial score (nSPS) is 10.7. The van der Waals surface area contributed by atoms with E-state index in [-0.39, 0.29) is 18.1 Å². The molecule has 0 amide bonds. The quantitative estimate of drug-likeness (QED) is 0.556. The number of Topliss-reactive ketones (excluding diaryl/α,β-unsaturated/α-hetero) is 2. The largest absolute Gasteiger partial charge is 0.465 e. The molecule has 3 aromatic rings. The molecule has 0 radical (unpaired) electrons. The van der Waals surface area contributed by atoms with Gasteiger partial charge in [-0.2, -0.15) is 5.10 Å².